The highest BCUT2D eigenvalue weighted by Gasteiger charge is 2.23. The number of aromatic nitrogens is 3. The minimum Gasteiger partial charge on any atom is -0.356 e. The smallest absolute Gasteiger partial charge is 0.175 e. The number of nitrogens with zero attached hydrogens (tertiary/aromatic N) is 3. The lowest BCUT2D eigenvalue weighted by Gasteiger charge is -2.23. The van der Waals surface area contributed by atoms with Gasteiger partial charge in [-0.3, -0.25) is 4.98 Å². The minimum atomic E-state index is -3.26. The quantitative estimate of drug-likeness (QED) is 0.596. The molecule has 1 aliphatic heterocycles. The summed E-state index contributed by atoms with van der Waals surface area (Å²) in [5.41, 5.74) is 3.27. The Bertz CT molecular complexity index is 1120. The molecule has 6 nitrogen and oxygen atoms in total. The van der Waals surface area contributed by atoms with Crippen LogP contribution in [0.4, 0.5) is 0 Å². The average molecular weight is 450 g/mol. The second-order valence-electron chi connectivity index (χ2n) is 6.86. The summed E-state index contributed by atoms with van der Waals surface area (Å²) in [4.78, 5) is 4.89. The molecule has 0 saturated carbocycles. The number of aryl methyl sites for hydroxylation is 1. The number of ether oxygens (including phenoxy) is 1. The van der Waals surface area contributed by atoms with Crippen LogP contribution in [0.1, 0.15) is 31.1 Å². The summed E-state index contributed by atoms with van der Waals surface area (Å²) in [5, 5.41) is 5.55. The molecule has 4 rings (SSSR count). The predicted octanol–water partition coefficient (Wildman–Crippen LogP) is 4.27. The standard InChI is InChI=1S/C19H20BrN3O3S/c1-12-11-13(6-7-15(12)27(2,24)25)18-17-14(8-9-21-18)23(22-19(17)20)16-5-3-4-10-26-16/h6-9,11,16H,3-5,10H2,1-2H3. The Hall–Kier alpha value is -1.77. The topological polar surface area (TPSA) is 74.1 Å². The maximum absolute atomic E-state index is 11.9. The maximum atomic E-state index is 11.9. The lowest BCUT2D eigenvalue weighted by Crippen LogP contribution is -2.19. The molecule has 0 spiro atoms. The number of sulfone groups is 1. The monoisotopic (exact) mass is 449 g/mol. The minimum absolute atomic E-state index is 0.0721. The van der Waals surface area contributed by atoms with Crippen LogP contribution in [0.25, 0.3) is 22.2 Å². The first-order chi connectivity index (χ1) is 12.9. The van der Waals surface area contributed by atoms with Crippen LogP contribution in [0, 0.1) is 6.92 Å². The number of pyridine rings is 1. The molecular formula is C19H20BrN3O3S. The third-order valence-electron chi connectivity index (χ3n) is 4.85. The summed E-state index contributed by atoms with van der Waals surface area (Å²) >= 11 is 3.57. The van der Waals surface area contributed by atoms with Crippen LogP contribution in [-0.4, -0.2) is 36.0 Å². The molecule has 1 saturated heterocycles. The zero-order chi connectivity index (χ0) is 19.2. The zero-order valence-electron chi connectivity index (χ0n) is 15.1. The van der Waals surface area contributed by atoms with E-state index in [0.717, 1.165) is 48.0 Å². The molecule has 0 aliphatic carbocycles. The van der Waals surface area contributed by atoms with E-state index in [1.54, 1.807) is 25.3 Å². The highest BCUT2D eigenvalue weighted by atomic mass is 79.9. The Labute approximate surface area is 166 Å². The third kappa shape index (κ3) is 3.41. The van der Waals surface area contributed by atoms with E-state index in [-0.39, 0.29) is 6.23 Å². The van der Waals surface area contributed by atoms with Gasteiger partial charge in [-0.2, -0.15) is 5.10 Å². The number of rotatable bonds is 3. The van der Waals surface area contributed by atoms with Gasteiger partial charge in [-0.25, -0.2) is 13.1 Å². The van der Waals surface area contributed by atoms with Gasteiger partial charge in [0, 0.05) is 24.6 Å². The van der Waals surface area contributed by atoms with Gasteiger partial charge in [0.2, 0.25) is 0 Å². The molecule has 142 valence electrons. The number of halogens is 1. The van der Waals surface area contributed by atoms with Crippen molar-refractivity contribution in [2.75, 3.05) is 12.9 Å². The molecule has 1 atom stereocenters. The van der Waals surface area contributed by atoms with Crippen molar-refractivity contribution >= 4 is 36.7 Å². The second kappa shape index (κ2) is 7.00. The van der Waals surface area contributed by atoms with Gasteiger partial charge in [0.05, 0.1) is 21.5 Å². The molecule has 2 aromatic heterocycles. The van der Waals surface area contributed by atoms with E-state index < -0.39 is 9.84 Å². The normalized spacial score (nSPS) is 18.1. The number of hydrogen-bond acceptors (Lipinski definition) is 5. The molecular weight excluding hydrogens is 430 g/mol. The molecule has 3 heterocycles. The molecule has 0 bridgehead atoms. The Kier molecular flexibility index (Phi) is 4.82. The summed E-state index contributed by atoms with van der Waals surface area (Å²) in [6.07, 6.45) is 6.04. The van der Waals surface area contributed by atoms with E-state index in [0.29, 0.717) is 15.1 Å². The van der Waals surface area contributed by atoms with Crippen molar-refractivity contribution < 1.29 is 13.2 Å². The molecule has 1 aromatic carbocycles. The lowest BCUT2D eigenvalue weighted by atomic mass is 10.1. The molecule has 0 amide bonds. The average Bonchev–Trinajstić information content (AvgIpc) is 2.98. The van der Waals surface area contributed by atoms with Crippen LogP contribution >= 0.6 is 15.9 Å². The van der Waals surface area contributed by atoms with Gasteiger partial charge in [-0.15, -0.1) is 0 Å². The van der Waals surface area contributed by atoms with Crippen molar-refractivity contribution in [3.63, 3.8) is 0 Å². The van der Waals surface area contributed by atoms with E-state index in [1.165, 1.54) is 6.26 Å². The first kappa shape index (κ1) is 18.6. The first-order valence-electron chi connectivity index (χ1n) is 8.81. The fraction of sp³-hybridized carbons (Fsp3) is 0.368. The second-order valence-corrected chi connectivity index (χ2v) is 9.60. The van der Waals surface area contributed by atoms with Crippen LogP contribution in [0.3, 0.4) is 0 Å². The van der Waals surface area contributed by atoms with Gasteiger partial charge in [0.25, 0.3) is 0 Å². The van der Waals surface area contributed by atoms with E-state index in [4.69, 9.17) is 4.74 Å². The number of benzene rings is 1. The van der Waals surface area contributed by atoms with Gasteiger partial charge in [-0.05, 0) is 65.9 Å². The van der Waals surface area contributed by atoms with Gasteiger partial charge >= 0.3 is 0 Å². The van der Waals surface area contributed by atoms with Crippen molar-refractivity contribution in [1.82, 2.24) is 14.8 Å². The fourth-order valence-electron chi connectivity index (χ4n) is 3.61. The summed E-state index contributed by atoms with van der Waals surface area (Å²) in [7, 11) is -3.26. The first-order valence-corrected chi connectivity index (χ1v) is 11.5. The molecule has 0 radical (unpaired) electrons. The lowest BCUT2D eigenvalue weighted by molar-refractivity contribution is -0.0368. The Balaban J connectivity index is 1.86. The molecule has 1 aliphatic rings. The molecule has 1 fully saturated rings. The summed E-state index contributed by atoms with van der Waals surface area (Å²) in [6, 6.07) is 7.24. The zero-order valence-corrected chi connectivity index (χ0v) is 17.5. The molecule has 3 aromatic rings. The molecule has 8 heteroatoms. The van der Waals surface area contributed by atoms with Crippen molar-refractivity contribution in [3.05, 3.63) is 40.6 Å². The number of fused-ring (bicyclic) bond motifs is 1. The largest absolute Gasteiger partial charge is 0.356 e. The van der Waals surface area contributed by atoms with Crippen LogP contribution in [0.15, 0.2) is 40.0 Å². The van der Waals surface area contributed by atoms with Crippen LogP contribution < -0.4 is 0 Å². The Morgan fingerprint density at radius 2 is 2.07 bits per heavy atom. The van der Waals surface area contributed by atoms with Crippen molar-refractivity contribution in [3.8, 4) is 11.3 Å². The highest BCUT2D eigenvalue weighted by Crippen LogP contribution is 2.36. The van der Waals surface area contributed by atoms with Crippen LogP contribution in [0.5, 0.6) is 0 Å². The summed E-state index contributed by atoms with van der Waals surface area (Å²) in [5.74, 6) is 0. The third-order valence-corrected chi connectivity index (χ3v) is 6.67. The summed E-state index contributed by atoms with van der Waals surface area (Å²) < 4.78 is 32.3. The van der Waals surface area contributed by atoms with Gasteiger partial charge in [0.15, 0.2) is 16.1 Å². The number of hydrogen-bond donors (Lipinski definition) is 0. The van der Waals surface area contributed by atoms with Crippen molar-refractivity contribution in [1.29, 1.82) is 0 Å². The predicted molar refractivity (Wildman–Crippen MR) is 107 cm³/mol. The Morgan fingerprint density at radius 3 is 2.74 bits per heavy atom. The van der Waals surface area contributed by atoms with E-state index in [9.17, 15) is 8.42 Å². The maximum Gasteiger partial charge on any atom is 0.175 e. The molecule has 27 heavy (non-hydrogen) atoms. The van der Waals surface area contributed by atoms with E-state index in [1.807, 2.05) is 16.8 Å². The molecule has 0 N–H and O–H groups in total. The highest BCUT2D eigenvalue weighted by molar-refractivity contribution is 9.10. The molecule has 1 unspecified atom stereocenters. The van der Waals surface area contributed by atoms with Crippen molar-refractivity contribution in [2.45, 2.75) is 37.3 Å². The van der Waals surface area contributed by atoms with Gasteiger partial charge < -0.3 is 4.74 Å². The SMILES string of the molecule is Cc1cc(-c2nccc3c2c(Br)nn3C2CCCCO2)ccc1S(C)(=O)=O. The summed E-state index contributed by atoms with van der Waals surface area (Å²) in [6.45, 7) is 2.54. The fourth-order valence-corrected chi connectivity index (χ4v) is 5.13. The van der Waals surface area contributed by atoms with Crippen LogP contribution in [0.2, 0.25) is 0 Å². The van der Waals surface area contributed by atoms with E-state index in [2.05, 4.69) is 26.0 Å². The van der Waals surface area contributed by atoms with E-state index >= 15 is 0 Å². The Morgan fingerprint density at radius 1 is 1.26 bits per heavy atom. The van der Waals surface area contributed by atoms with Gasteiger partial charge in [-0.1, -0.05) is 6.07 Å². The van der Waals surface area contributed by atoms with Gasteiger partial charge in [0.1, 0.15) is 4.60 Å². The van der Waals surface area contributed by atoms with Crippen molar-refractivity contribution in [2.24, 2.45) is 0 Å². The van der Waals surface area contributed by atoms with Crippen LogP contribution in [-0.2, 0) is 14.6 Å².